The van der Waals surface area contributed by atoms with Gasteiger partial charge in [-0.15, -0.1) is 0 Å². The second-order valence-electron chi connectivity index (χ2n) is 7.21. The van der Waals surface area contributed by atoms with E-state index in [-0.39, 0.29) is 12.4 Å². The summed E-state index contributed by atoms with van der Waals surface area (Å²) < 4.78 is 15.9. The third kappa shape index (κ3) is 3.73. The number of ether oxygens (including phenoxy) is 3. The van der Waals surface area contributed by atoms with Gasteiger partial charge in [0.25, 0.3) is 0 Å². The van der Waals surface area contributed by atoms with Crippen molar-refractivity contribution in [1.82, 2.24) is 4.98 Å². The van der Waals surface area contributed by atoms with Gasteiger partial charge in [-0.05, 0) is 55.5 Å². The quantitative estimate of drug-likeness (QED) is 0.453. The Morgan fingerprint density at radius 2 is 1.73 bits per heavy atom. The van der Waals surface area contributed by atoms with E-state index in [0.29, 0.717) is 22.6 Å². The molecule has 2 aromatic carbocycles. The molecule has 0 saturated carbocycles. The van der Waals surface area contributed by atoms with E-state index in [9.17, 15) is 9.59 Å². The molecule has 6 heteroatoms. The maximum absolute atomic E-state index is 13.0. The Kier molecular flexibility index (Phi) is 5.65. The first kappa shape index (κ1) is 19.9. The topological polar surface area (TPSA) is 74.7 Å². The normalized spacial score (nSPS) is 12.9. The van der Waals surface area contributed by atoms with Gasteiger partial charge in [0.15, 0.2) is 23.9 Å². The molecule has 4 rings (SSSR count). The molecule has 30 heavy (non-hydrogen) atoms. The number of rotatable bonds is 6. The monoisotopic (exact) mass is 405 g/mol. The summed E-state index contributed by atoms with van der Waals surface area (Å²) in [5.41, 5.74) is 3.61. The molecular weight excluding hydrogens is 382 g/mol. The number of para-hydroxylation sites is 1. The van der Waals surface area contributed by atoms with Crippen LogP contribution in [0.2, 0.25) is 0 Å². The van der Waals surface area contributed by atoms with Crippen molar-refractivity contribution >= 4 is 22.7 Å². The number of pyridine rings is 1. The van der Waals surface area contributed by atoms with Crippen LogP contribution in [0.1, 0.15) is 44.8 Å². The Labute approximate surface area is 174 Å². The van der Waals surface area contributed by atoms with E-state index >= 15 is 0 Å². The molecule has 1 aliphatic carbocycles. The molecule has 154 valence electrons. The van der Waals surface area contributed by atoms with Crippen molar-refractivity contribution in [2.24, 2.45) is 0 Å². The molecule has 0 atom stereocenters. The highest BCUT2D eigenvalue weighted by Crippen LogP contribution is 2.30. The number of aryl methyl sites for hydroxylation is 1. The first-order valence-electron chi connectivity index (χ1n) is 9.95. The molecule has 1 aromatic heterocycles. The Hall–Kier alpha value is -3.41. The van der Waals surface area contributed by atoms with Crippen molar-refractivity contribution < 1.29 is 23.8 Å². The summed E-state index contributed by atoms with van der Waals surface area (Å²) in [6.07, 6.45) is 3.72. The summed E-state index contributed by atoms with van der Waals surface area (Å²) in [6.45, 7) is -0.347. The second kappa shape index (κ2) is 8.53. The van der Waals surface area contributed by atoms with Crippen molar-refractivity contribution in [2.45, 2.75) is 25.7 Å². The van der Waals surface area contributed by atoms with Crippen molar-refractivity contribution in [1.29, 1.82) is 0 Å². The number of benzene rings is 2. The molecule has 0 bridgehead atoms. The molecule has 0 aliphatic heterocycles. The Morgan fingerprint density at radius 3 is 2.53 bits per heavy atom. The number of hydrogen-bond acceptors (Lipinski definition) is 6. The molecule has 0 saturated heterocycles. The van der Waals surface area contributed by atoms with Crippen molar-refractivity contribution in [3.05, 3.63) is 64.8 Å². The van der Waals surface area contributed by atoms with Gasteiger partial charge in [0.2, 0.25) is 0 Å². The molecule has 0 amide bonds. The number of aromatic nitrogens is 1. The van der Waals surface area contributed by atoms with Crippen LogP contribution in [0.5, 0.6) is 11.5 Å². The minimum Gasteiger partial charge on any atom is -0.493 e. The lowest BCUT2D eigenvalue weighted by atomic mass is 9.90. The molecule has 6 nitrogen and oxygen atoms in total. The summed E-state index contributed by atoms with van der Waals surface area (Å²) in [4.78, 5) is 30.4. The number of ketones is 1. The number of hydrogen-bond donors (Lipinski definition) is 0. The molecule has 1 heterocycles. The highest BCUT2D eigenvalue weighted by molar-refractivity contribution is 6.06. The van der Waals surface area contributed by atoms with Crippen LogP contribution in [-0.4, -0.2) is 37.6 Å². The number of esters is 1. The molecule has 0 N–H and O–H groups in total. The van der Waals surface area contributed by atoms with Crippen LogP contribution in [0.15, 0.2) is 42.5 Å². The number of Topliss-reactive ketones (excluding diaryl/α,β-unsaturated/α-hetero) is 1. The van der Waals surface area contributed by atoms with Crippen LogP contribution in [0.25, 0.3) is 10.9 Å². The van der Waals surface area contributed by atoms with E-state index in [2.05, 4.69) is 0 Å². The van der Waals surface area contributed by atoms with Gasteiger partial charge >= 0.3 is 5.97 Å². The summed E-state index contributed by atoms with van der Waals surface area (Å²) >= 11 is 0. The minimum absolute atomic E-state index is 0.309. The van der Waals surface area contributed by atoms with Crippen molar-refractivity contribution in [3.8, 4) is 11.5 Å². The van der Waals surface area contributed by atoms with Crippen LogP contribution in [0.3, 0.4) is 0 Å². The lowest BCUT2D eigenvalue weighted by Crippen LogP contribution is -2.19. The van der Waals surface area contributed by atoms with Crippen LogP contribution in [0.4, 0.5) is 0 Å². The van der Waals surface area contributed by atoms with Crippen LogP contribution in [-0.2, 0) is 17.6 Å². The fourth-order valence-corrected chi connectivity index (χ4v) is 3.90. The molecular formula is C24H23NO5. The Balaban J connectivity index is 1.59. The van der Waals surface area contributed by atoms with Gasteiger partial charge in [0.1, 0.15) is 0 Å². The van der Waals surface area contributed by atoms with E-state index in [4.69, 9.17) is 19.2 Å². The van der Waals surface area contributed by atoms with Crippen LogP contribution < -0.4 is 9.47 Å². The average Bonchev–Trinajstić information content (AvgIpc) is 2.80. The number of nitrogens with zero attached hydrogens (tertiary/aromatic N) is 1. The van der Waals surface area contributed by atoms with Gasteiger partial charge in [0, 0.05) is 16.6 Å². The van der Waals surface area contributed by atoms with Gasteiger partial charge in [0.05, 0.1) is 25.3 Å². The average molecular weight is 405 g/mol. The van der Waals surface area contributed by atoms with Gasteiger partial charge in [-0.1, -0.05) is 18.2 Å². The number of carbonyl (C=O) groups is 2. The summed E-state index contributed by atoms with van der Waals surface area (Å²) in [5, 5.41) is 0.765. The Morgan fingerprint density at radius 1 is 0.967 bits per heavy atom. The molecule has 0 unspecified atom stereocenters. The van der Waals surface area contributed by atoms with Gasteiger partial charge in [-0.3, -0.25) is 9.78 Å². The van der Waals surface area contributed by atoms with Gasteiger partial charge < -0.3 is 14.2 Å². The highest BCUT2D eigenvalue weighted by atomic mass is 16.5. The van der Waals surface area contributed by atoms with E-state index in [1.807, 2.05) is 24.3 Å². The van der Waals surface area contributed by atoms with E-state index in [0.717, 1.165) is 47.8 Å². The lowest BCUT2D eigenvalue weighted by Gasteiger charge is -2.19. The van der Waals surface area contributed by atoms with Crippen molar-refractivity contribution in [2.75, 3.05) is 20.8 Å². The van der Waals surface area contributed by atoms with Gasteiger partial charge in [-0.2, -0.15) is 0 Å². The molecule has 1 aliphatic rings. The van der Waals surface area contributed by atoms with Crippen LogP contribution in [0, 0.1) is 0 Å². The SMILES string of the molecule is COc1ccc(C(=O)COC(=O)c2c3c(nc4ccccc24)CCCC3)cc1OC. The first-order valence-corrected chi connectivity index (χ1v) is 9.95. The third-order valence-corrected chi connectivity index (χ3v) is 5.41. The zero-order chi connectivity index (χ0) is 21.1. The lowest BCUT2D eigenvalue weighted by molar-refractivity contribution is 0.0475. The molecule has 0 spiro atoms. The van der Waals surface area contributed by atoms with E-state index in [1.54, 1.807) is 18.2 Å². The smallest absolute Gasteiger partial charge is 0.339 e. The zero-order valence-corrected chi connectivity index (χ0v) is 17.1. The fourth-order valence-electron chi connectivity index (χ4n) is 3.90. The number of fused-ring (bicyclic) bond motifs is 2. The fraction of sp³-hybridized carbons (Fsp3) is 0.292. The first-order chi connectivity index (χ1) is 14.6. The van der Waals surface area contributed by atoms with Crippen LogP contribution >= 0.6 is 0 Å². The predicted octanol–water partition coefficient (Wildman–Crippen LogP) is 4.17. The zero-order valence-electron chi connectivity index (χ0n) is 17.1. The molecule has 3 aromatic rings. The second-order valence-corrected chi connectivity index (χ2v) is 7.21. The predicted molar refractivity (Wildman–Crippen MR) is 113 cm³/mol. The standard InChI is InChI=1S/C24H23NO5/c1-28-21-12-11-15(13-22(21)29-2)20(26)14-30-24(27)23-16-7-3-5-9-18(16)25-19-10-6-4-8-17(19)23/h3,5,7,9,11-13H,4,6,8,10,14H2,1-2H3. The third-order valence-electron chi connectivity index (χ3n) is 5.41. The summed E-state index contributed by atoms with van der Waals surface area (Å²) in [5.74, 6) is 0.182. The largest absolute Gasteiger partial charge is 0.493 e. The van der Waals surface area contributed by atoms with E-state index in [1.165, 1.54) is 14.2 Å². The minimum atomic E-state index is -0.486. The Bertz CT molecular complexity index is 1120. The maximum Gasteiger partial charge on any atom is 0.339 e. The van der Waals surface area contributed by atoms with Gasteiger partial charge in [-0.25, -0.2) is 4.79 Å². The maximum atomic E-state index is 13.0. The van der Waals surface area contributed by atoms with Crippen molar-refractivity contribution in [3.63, 3.8) is 0 Å². The number of methoxy groups -OCH3 is 2. The number of carbonyl (C=O) groups excluding carboxylic acids is 2. The van der Waals surface area contributed by atoms with E-state index < -0.39 is 5.97 Å². The molecule has 0 radical (unpaired) electrons. The summed E-state index contributed by atoms with van der Waals surface area (Å²) in [6, 6.07) is 12.4. The summed E-state index contributed by atoms with van der Waals surface area (Å²) in [7, 11) is 3.03. The highest BCUT2D eigenvalue weighted by Gasteiger charge is 2.24. The molecule has 0 fully saturated rings.